The SMILES string of the molecule is O=C1c2c(Cl)c(Cl)c(Cl)c(Cl)c2C(=O)N1Cc1ccc(F)cc1. The molecule has 1 heterocycles. The minimum absolute atomic E-state index is 0.0471. The molecule has 1 aliphatic rings. The number of hydrogen-bond donors (Lipinski definition) is 0. The van der Waals surface area contributed by atoms with E-state index in [-0.39, 0.29) is 37.8 Å². The summed E-state index contributed by atoms with van der Waals surface area (Å²) in [6, 6.07) is 5.42. The van der Waals surface area contributed by atoms with Crippen LogP contribution in [0, 0.1) is 5.82 Å². The quantitative estimate of drug-likeness (QED) is 0.398. The molecule has 1 aliphatic heterocycles. The third kappa shape index (κ3) is 2.60. The second kappa shape index (κ2) is 5.95. The highest BCUT2D eigenvalue weighted by Crippen LogP contribution is 2.45. The molecule has 0 fully saturated rings. The van der Waals surface area contributed by atoms with E-state index in [2.05, 4.69) is 0 Å². The molecule has 0 aromatic heterocycles. The molecule has 0 bridgehead atoms. The van der Waals surface area contributed by atoms with Gasteiger partial charge in [-0.05, 0) is 17.7 Å². The molecule has 0 N–H and O–H groups in total. The molecule has 0 radical (unpaired) electrons. The Morgan fingerprint density at radius 1 is 0.783 bits per heavy atom. The average molecular weight is 393 g/mol. The molecular formula is C15H6Cl4FNO2. The molecule has 2 amide bonds. The highest BCUT2D eigenvalue weighted by Gasteiger charge is 2.41. The van der Waals surface area contributed by atoms with Crippen molar-refractivity contribution in [3.63, 3.8) is 0 Å². The van der Waals surface area contributed by atoms with Gasteiger partial charge in [-0.15, -0.1) is 0 Å². The van der Waals surface area contributed by atoms with Crippen LogP contribution in [-0.4, -0.2) is 16.7 Å². The Morgan fingerprint density at radius 3 is 1.65 bits per heavy atom. The number of carbonyl (C=O) groups is 2. The van der Waals surface area contributed by atoms with Gasteiger partial charge in [0.15, 0.2) is 0 Å². The molecule has 2 aromatic carbocycles. The zero-order valence-corrected chi connectivity index (χ0v) is 14.2. The molecule has 0 unspecified atom stereocenters. The lowest BCUT2D eigenvalue weighted by Gasteiger charge is -2.13. The summed E-state index contributed by atoms with van der Waals surface area (Å²) in [4.78, 5) is 26.0. The normalized spacial score (nSPS) is 13.7. The number of imide groups is 1. The highest BCUT2D eigenvalue weighted by atomic mass is 35.5. The van der Waals surface area contributed by atoms with E-state index < -0.39 is 17.6 Å². The van der Waals surface area contributed by atoms with Crippen LogP contribution in [0.4, 0.5) is 4.39 Å². The van der Waals surface area contributed by atoms with Gasteiger partial charge in [-0.2, -0.15) is 0 Å². The van der Waals surface area contributed by atoms with Gasteiger partial charge in [-0.25, -0.2) is 4.39 Å². The van der Waals surface area contributed by atoms with Gasteiger partial charge in [0.25, 0.3) is 11.8 Å². The summed E-state index contributed by atoms with van der Waals surface area (Å²) in [6.07, 6.45) is 0. The number of halogens is 5. The molecular weight excluding hydrogens is 387 g/mol. The maximum atomic E-state index is 13.0. The standard InChI is InChI=1S/C15H6Cl4FNO2/c16-10-8-9(11(17)13(19)12(10)18)15(23)21(14(8)22)5-6-1-3-7(20)4-2-6/h1-4H,5H2. The summed E-state index contributed by atoms with van der Waals surface area (Å²) in [5.74, 6) is -1.67. The van der Waals surface area contributed by atoms with Crippen molar-refractivity contribution in [2.45, 2.75) is 6.54 Å². The molecule has 3 rings (SSSR count). The van der Waals surface area contributed by atoms with Gasteiger partial charge in [0, 0.05) is 0 Å². The maximum Gasteiger partial charge on any atom is 0.263 e. The topological polar surface area (TPSA) is 37.4 Å². The fourth-order valence-corrected chi connectivity index (χ4v) is 3.33. The first-order valence-electron chi connectivity index (χ1n) is 6.29. The molecule has 0 saturated heterocycles. The Balaban J connectivity index is 2.06. The van der Waals surface area contributed by atoms with Gasteiger partial charge in [0.2, 0.25) is 0 Å². The van der Waals surface area contributed by atoms with E-state index >= 15 is 0 Å². The number of carbonyl (C=O) groups excluding carboxylic acids is 2. The molecule has 2 aromatic rings. The first-order valence-corrected chi connectivity index (χ1v) is 7.80. The largest absolute Gasteiger partial charge is 0.270 e. The molecule has 0 saturated carbocycles. The lowest BCUT2D eigenvalue weighted by atomic mass is 10.1. The van der Waals surface area contributed by atoms with E-state index in [0.717, 1.165) is 4.90 Å². The minimum Gasteiger partial charge on any atom is -0.270 e. The van der Waals surface area contributed by atoms with Crippen LogP contribution in [-0.2, 0) is 6.54 Å². The molecule has 0 aliphatic carbocycles. The summed E-state index contributed by atoms with van der Waals surface area (Å²) in [7, 11) is 0. The van der Waals surface area contributed by atoms with Gasteiger partial charge in [0.05, 0.1) is 37.8 Å². The van der Waals surface area contributed by atoms with Crippen molar-refractivity contribution in [3.8, 4) is 0 Å². The van der Waals surface area contributed by atoms with Gasteiger partial charge in [-0.1, -0.05) is 58.5 Å². The smallest absolute Gasteiger partial charge is 0.263 e. The van der Waals surface area contributed by atoms with Crippen molar-refractivity contribution in [1.29, 1.82) is 0 Å². The molecule has 118 valence electrons. The molecule has 0 spiro atoms. The summed E-state index contributed by atoms with van der Waals surface area (Å²) < 4.78 is 13.0. The zero-order valence-electron chi connectivity index (χ0n) is 11.2. The Hall–Kier alpha value is -1.33. The Kier molecular flexibility index (Phi) is 4.27. The van der Waals surface area contributed by atoms with E-state index in [9.17, 15) is 14.0 Å². The summed E-state index contributed by atoms with van der Waals surface area (Å²) in [6.45, 7) is -0.0471. The summed E-state index contributed by atoms with van der Waals surface area (Å²) in [5, 5.41) is -0.393. The van der Waals surface area contributed by atoms with Gasteiger partial charge in [-0.3, -0.25) is 14.5 Å². The maximum absolute atomic E-state index is 13.0. The first kappa shape index (κ1) is 16.5. The van der Waals surface area contributed by atoms with Crippen LogP contribution >= 0.6 is 46.4 Å². The molecule has 23 heavy (non-hydrogen) atoms. The van der Waals surface area contributed by atoms with Crippen LogP contribution in [0.15, 0.2) is 24.3 Å². The van der Waals surface area contributed by atoms with E-state index in [1.165, 1.54) is 24.3 Å². The van der Waals surface area contributed by atoms with Crippen LogP contribution in [0.2, 0.25) is 20.1 Å². The predicted molar refractivity (Wildman–Crippen MR) is 87.1 cm³/mol. The Bertz CT molecular complexity index is 805. The molecule has 8 heteroatoms. The van der Waals surface area contributed by atoms with Crippen molar-refractivity contribution >= 4 is 58.2 Å². The lowest BCUT2D eigenvalue weighted by Crippen LogP contribution is -2.29. The van der Waals surface area contributed by atoms with E-state index in [1.54, 1.807) is 0 Å². The third-order valence-corrected chi connectivity index (χ3v) is 5.24. The third-order valence-electron chi connectivity index (χ3n) is 3.44. The Labute approximate surface area is 150 Å². The molecule has 3 nitrogen and oxygen atoms in total. The summed E-state index contributed by atoms with van der Waals surface area (Å²) >= 11 is 23.9. The fraction of sp³-hybridized carbons (Fsp3) is 0.0667. The monoisotopic (exact) mass is 391 g/mol. The second-order valence-corrected chi connectivity index (χ2v) is 6.34. The fourth-order valence-electron chi connectivity index (χ4n) is 2.31. The minimum atomic E-state index is -0.625. The first-order chi connectivity index (χ1) is 10.8. The number of fused-ring (bicyclic) bond motifs is 1. The number of rotatable bonds is 2. The van der Waals surface area contributed by atoms with Crippen molar-refractivity contribution < 1.29 is 14.0 Å². The number of hydrogen-bond acceptors (Lipinski definition) is 2. The molecule has 0 atom stereocenters. The number of amides is 2. The van der Waals surface area contributed by atoms with Crippen LogP contribution < -0.4 is 0 Å². The van der Waals surface area contributed by atoms with Crippen molar-refractivity contribution in [1.82, 2.24) is 4.90 Å². The van der Waals surface area contributed by atoms with Crippen LogP contribution in [0.5, 0.6) is 0 Å². The van der Waals surface area contributed by atoms with Crippen LogP contribution in [0.25, 0.3) is 0 Å². The van der Waals surface area contributed by atoms with Crippen molar-refractivity contribution in [3.05, 3.63) is 66.9 Å². The van der Waals surface area contributed by atoms with Gasteiger partial charge < -0.3 is 0 Å². The van der Waals surface area contributed by atoms with Crippen LogP contribution in [0.1, 0.15) is 26.3 Å². The average Bonchev–Trinajstić information content (AvgIpc) is 2.77. The second-order valence-electron chi connectivity index (χ2n) is 4.83. The number of nitrogens with zero attached hydrogens (tertiary/aromatic N) is 1. The van der Waals surface area contributed by atoms with Crippen LogP contribution in [0.3, 0.4) is 0 Å². The lowest BCUT2D eigenvalue weighted by molar-refractivity contribution is 0.0642. The highest BCUT2D eigenvalue weighted by molar-refractivity contribution is 6.55. The number of benzene rings is 2. The van der Waals surface area contributed by atoms with Crippen molar-refractivity contribution in [2.75, 3.05) is 0 Å². The van der Waals surface area contributed by atoms with Crippen molar-refractivity contribution in [2.24, 2.45) is 0 Å². The zero-order chi connectivity index (χ0) is 16.9. The van der Waals surface area contributed by atoms with Gasteiger partial charge in [0.1, 0.15) is 5.82 Å². The van der Waals surface area contributed by atoms with E-state index in [1.807, 2.05) is 0 Å². The summed E-state index contributed by atoms with van der Waals surface area (Å²) in [5.41, 5.74) is 0.432. The Morgan fingerprint density at radius 2 is 1.22 bits per heavy atom. The van der Waals surface area contributed by atoms with Gasteiger partial charge >= 0.3 is 0 Å². The predicted octanol–water partition coefficient (Wildman–Crippen LogP) is 5.24. The van der Waals surface area contributed by atoms with E-state index in [0.29, 0.717) is 5.56 Å². The van der Waals surface area contributed by atoms with E-state index in [4.69, 9.17) is 46.4 Å².